The number of hydrogen-bond acceptors (Lipinski definition) is 18. The van der Waals surface area contributed by atoms with Gasteiger partial charge in [-0.15, -0.1) is 0 Å². The zero-order valence-electron chi connectivity index (χ0n) is 63.0. The molecular formula is C79H103F3N6O16S3. The van der Waals surface area contributed by atoms with E-state index in [0.717, 1.165) is 51.5 Å². The first-order valence-electron chi connectivity index (χ1n) is 35.9. The van der Waals surface area contributed by atoms with Crippen molar-refractivity contribution >= 4 is 77.7 Å². The summed E-state index contributed by atoms with van der Waals surface area (Å²) < 4.78 is 126. The van der Waals surface area contributed by atoms with Crippen LogP contribution in [0.2, 0.25) is 0 Å². The average Bonchev–Trinajstić information content (AvgIpc) is 0.760. The van der Waals surface area contributed by atoms with Gasteiger partial charge >= 0.3 is 11.9 Å². The maximum Gasteiger partial charge on any atom is 0.308 e. The summed E-state index contributed by atoms with van der Waals surface area (Å²) in [6, 6.07) is 18.0. The molecule has 0 spiro atoms. The lowest BCUT2D eigenvalue weighted by molar-refractivity contribution is -0.157. The molecule has 584 valence electrons. The van der Waals surface area contributed by atoms with E-state index in [-0.39, 0.29) is 49.3 Å². The third kappa shape index (κ3) is 23.5. The topological polar surface area (TPSA) is 336 Å². The fourth-order valence-electron chi connectivity index (χ4n) is 13.2. The number of hydrogen-bond donors (Lipinski definition) is 7. The number of pyridine rings is 3. The van der Waals surface area contributed by atoms with Crippen LogP contribution < -0.4 is 12.9 Å². The van der Waals surface area contributed by atoms with Crippen LogP contribution in [0.25, 0.3) is 51.6 Å². The maximum absolute atomic E-state index is 13.8. The zero-order valence-corrected chi connectivity index (χ0v) is 65.5. The third-order valence-corrected chi connectivity index (χ3v) is 21.5. The molecule has 107 heavy (non-hydrogen) atoms. The summed E-state index contributed by atoms with van der Waals surface area (Å²) in [4.78, 5) is 37.2. The highest BCUT2D eigenvalue weighted by atomic mass is 32.2. The van der Waals surface area contributed by atoms with Gasteiger partial charge in [0, 0.05) is 72.3 Å². The van der Waals surface area contributed by atoms with Crippen molar-refractivity contribution in [2.24, 2.45) is 0 Å². The minimum atomic E-state index is -3.57. The van der Waals surface area contributed by atoms with Crippen LogP contribution in [0.1, 0.15) is 195 Å². The van der Waals surface area contributed by atoms with Gasteiger partial charge in [0.15, 0.2) is 0 Å². The molecule has 6 aromatic rings. The minimum Gasteiger partial charge on any atom is -0.481 e. The van der Waals surface area contributed by atoms with Gasteiger partial charge in [-0.1, -0.05) is 121 Å². The fraction of sp³-hybridized carbons (Fsp3) is 0.481. The van der Waals surface area contributed by atoms with Crippen LogP contribution >= 0.6 is 0 Å². The highest BCUT2D eigenvalue weighted by Gasteiger charge is 2.35. The molecule has 0 bridgehead atoms. The van der Waals surface area contributed by atoms with Crippen LogP contribution in [0.4, 0.5) is 30.6 Å². The van der Waals surface area contributed by atoms with Gasteiger partial charge in [0.1, 0.15) is 40.5 Å². The van der Waals surface area contributed by atoms with Gasteiger partial charge in [-0.3, -0.25) is 22.5 Å². The summed E-state index contributed by atoms with van der Waals surface area (Å²) in [5.74, 6) is -1.97. The number of rotatable bonds is 26. The Morgan fingerprint density at radius 2 is 0.748 bits per heavy atom. The number of aliphatic hydroxyl groups is 6. The van der Waals surface area contributed by atoms with Crippen LogP contribution in [-0.4, -0.2) is 169 Å². The Hall–Kier alpha value is -7.93. The molecule has 9 rings (SSSR count). The Balaban J connectivity index is 0.000000225. The molecule has 0 unspecified atom stereocenters. The number of nitrogens with zero attached hydrogens (tertiary/aromatic N) is 6. The molecule has 0 radical (unpaired) electrons. The van der Waals surface area contributed by atoms with E-state index < -0.39 is 102 Å². The number of carbonyl (C=O) groups excluding carboxylic acids is 1. The summed E-state index contributed by atoms with van der Waals surface area (Å²) in [6.07, 6.45) is 10.7. The quantitative estimate of drug-likeness (QED) is 0.0248. The molecule has 0 amide bonds. The molecule has 3 aliphatic rings. The molecule has 0 saturated heterocycles. The minimum absolute atomic E-state index is 0.0316. The third-order valence-electron chi connectivity index (χ3n) is 18.0. The van der Waals surface area contributed by atoms with Crippen LogP contribution in [-0.2, 0) is 63.7 Å². The number of carbonyl (C=O) groups is 2. The highest BCUT2D eigenvalue weighted by Crippen LogP contribution is 2.45. The lowest BCUT2D eigenvalue weighted by atomic mass is 9.87. The van der Waals surface area contributed by atoms with E-state index in [2.05, 4.69) is 0 Å². The van der Waals surface area contributed by atoms with Crippen molar-refractivity contribution < 1.29 is 88.5 Å². The predicted molar refractivity (Wildman–Crippen MR) is 413 cm³/mol. The van der Waals surface area contributed by atoms with Crippen molar-refractivity contribution in [2.75, 3.05) is 51.3 Å². The molecule has 6 atom stereocenters. The summed E-state index contributed by atoms with van der Waals surface area (Å²) >= 11 is 0. The molecule has 3 aromatic carbocycles. The standard InChI is InChI=1S/C29H39FN2O6S.C25H31FN2O6S.C25H33FN2O4S/c1-18(2)27-23(14-13-21(33)16-22(34)17-25(35)38-29(3,4)5)26(19-9-11-20(30)12-10-19)24-8-7-15-32(28(24)31-27)39(6,36)37;1-15(2)24-20(11-10-18(29)13-19(30)14-22(31)32)23(16-6-8-17(26)9-7-16)21-5-4-12-28(25(21)27-24)35(3,33)34;1-5-19(29)15-20(30)12-13-21-23(17-8-10-18(26)11-9-17)22-7-6-14-28(33(4,31)32)25(22)27-24(21)16(2)3/h9-14,18,21-22,33-34H,7-8,15-17H2,1-6H3;6-11,15,18-19,29-30H,4-5,12-14H2,1-3H3,(H,31,32);8-13,16,19-20,29-30H,5-7,14-15H2,1-4H3/b14-13+;11-10+;13-12+/t21-,22-;18-,19-;19-,20+/m110/s1. The number of halogens is 3. The summed E-state index contributed by atoms with van der Waals surface area (Å²) in [5, 5.41) is 70.4. The van der Waals surface area contributed by atoms with E-state index in [1.807, 2.05) is 48.5 Å². The van der Waals surface area contributed by atoms with Gasteiger partial charge in [-0.05, 0) is 153 Å². The molecule has 28 heteroatoms. The molecule has 0 fully saturated rings. The number of ether oxygens (including phenoxy) is 1. The first-order valence-corrected chi connectivity index (χ1v) is 41.5. The van der Waals surface area contributed by atoms with Gasteiger partial charge in [0.2, 0.25) is 30.1 Å². The van der Waals surface area contributed by atoms with E-state index in [0.29, 0.717) is 127 Å². The summed E-state index contributed by atoms with van der Waals surface area (Å²) in [7, 11) is -10.7. The molecular weight excluding hydrogens is 1440 g/mol. The molecule has 0 aliphatic carbocycles. The normalized spacial score (nSPS) is 16.0. The SMILES string of the molecule is CC(C)c1nc2c(c(-c3ccc(F)cc3)c1/C=C/[C@@H](O)C[C@@H](O)CC(=O)O)CCCN2S(C)(=O)=O.CC(C)c1nc2c(c(-c3ccc(F)cc3)c1/C=C/[C@@H](O)C[C@@H](O)CC(=O)OC(C)(C)C)CCCN2S(C)(=O)=O.CC[C@H](O)C[C@H](O)/C=C/c1c(C(C)C)nc2c(c1-c1ccc(F)cc1)CCCN2S(C)(=O)=O. The number of carboxylic acid groups (broad SMARTS) is 1. The Labute approximate surface area is 627 Å². The number of aliphatic hydroxyl groups excluding tert-OH is 6. The molecule has 6 heterocycles. The molecule has 7 N–H and O–H groups in total. The van der Waals surface area contributed by atoms with E-state index >= 15 is 0 Å². The second-order valence-corrected chi connectivity index (χ2v) is 35.0. The van der Waals surface area contributed by atoms with Crippen molar-refractivity contribution in [3.63, 3.8) is 0 Å². The van der Waals surface area contributed by atoms with Crippen molar-refractivity contribution in [3.05, 3.63) is 159 Å². The molecule has 22 nitrogen and oxygen atoms in total. The first kappa shape index (κ1) is 86.3. The maximum atomic E-state index is 13.8. The average molecular weight is 1550 g/mol. The van der Waals surface area contributed by atoms with Gasteiger partial charge in [0.25, 0.3) is 0 Å². The van der Waals surface area contributed by atoms with Crippen molar-refractivity contribution in [2.45, 2.75) is 206 Å². The smallest absolute Gasteiger partial charge is 0.308 e. The number of aliphatic carboxylic acids is 1. The lowest BCUT2D eigenvalue weighted by Crippen LogP contribution is -2.36. The van der Waals surface area contributed by atoms with Crippen LogP contribution in [0.15, 0.2) is 91.0 Å². The number of esters is 1. The van der Waals surface area contributed by atoms with Crippen LogP contribution in [0.3, 0.4) is 0 Å². The van der Waals surface area contributed by atoms with E-state index in [1.165, 1.54) is 67.7 Å². The number of anilines is 3. The number of sulfonamides is 3. The molecule has 0 saturated carbocycles. The largest absolute Gasteiger partial charge is 0.481 e. The summed E-state index contributed by atoms with van der Waals surface area (Å²) in [5.41, 5.74) is 10.0. The number of carboxylic acids is 1. The molecule has 3 aliphatic heterocycles. The lowest BCUT2D eigenvalue weighted by Gasteiger charge is -2.32. The first-order chi connectivity index (χ1) is 50.0. The Morgan fingerprint density at radius 1 is 0.477 bits per heavy atom. The molecule has 3 aromatic heterocycles. The predicted octanol–water partition coefficient (Wildman–Crippen LogP) is 12.2. The van der Waals surface area contributed by atoms with Crippen molar-refractivity contribution in [1.82, 2.24) is 15.0 Å². The Bertz CT molecular complexity index is 4550. The second-order valence-electron chi connectivity index (χ2n) is 29.3. The Kier molecular flexibility index (Phi) is 29.8. The van der Waals surface area contributed by atoms with Gasteiger partial charge in [-0.25, -0.2) is 53.4 Å². The van der Waals surface area contributed by atoms with Gasteiger partial charge in [0.05, 0.1) is 85.3 Å². The zero-order chi connectivity index (χ0) is 79.4. The van der Waals surface area contributed by atoms with Crippen molar-refractivity contribution in [3.8, 4) is 33.4 Å². The Morgan fingerprint density at radius 3 is 0.991 bits per heavy atom. The number of aromatic nitrogens is 3. The highest BCUT2D eigenvalue weighted by molar-refractivity contribution is 7.92. The fourth-order valence-corrected chi connectivity index (χ4v) is 16.0. The van der Waals surface area contributed by atoms with Gasteiger partial charge < -0.3 is 40.5 Å². The summed E-state index contributed by atoms with van der Waals surface area (Å²) in [6.45, 7) is 19.7. The van der Waals surface area contributed by atoms with Crippen LogP contribution in [0.5, 0.6) is 0 Å². The number of fused-ring (bicyclic) bond motifs is 3. The van der Waals surface area contributed by atoms with Crippen molar-refractivity contribution in [1.29, 1.82) is 0 Å². The van der Waals surface area contributed by atoms with Gasteiger partial charge in [-0.2, -0.15) is 0 Å². The van der Waals surface area contributed by atoms with E-state index in [9.17, 15) is 78.7 Å². The van der Waals surface area contributed by atoms with E-state index in [4.69, 9.17) is 24.8 Å². The monoisotopic (exact) mass is 1540 g/mol. The van der Waals surface area contributed by atoms with Crippen LogP contribution in [0, 0.1) is 17.5 Å². The van der Waals surface area contributed by atoms with E-state index in [1.54, 1.807) is 81.5 Å². The number of benzene rings is 3. The second kappa shape index (κ2) is 37.0.